The summed E-state index contributed by atoms with van der Waals surface area (Å²) in [4.78, 5) is 4.33. The summed E-state index contributed by atoms with van der Waals surface area (Å²) in [5, 5.41) is 0. The molecule has 0 bridgehead atoms. The fraction of sp³-hybridized carbons (Fsp3) is 0.267. The minimum Gasteiger partial charge on any atom is -0.482 e. The Morgan fingerprint density at radius 3 is 2.63 bits per heavy atom. The maximum absolute atomic E-state index is 6.04. The van der Waals surface area contributed by atoms with E-state index < -0.39 is 0 Å². The van der Waals surface area contributed by atoms with Crippen molar-refractivity contribution in [2.45, 2.75) is 26.0 Å². The lowest BCUT2D eigenvalue weighted by Crippen LogP contribution is -2.29. The maximum Gasteiger partial charge on any atom is 0.155 e. The van der Waals surface area contributed by atoms with Crippen LogP contribution in [0.4, 0.5) is 0 Å². The van der Waals surface area contributed by atoms with E-state index in [-0.39, 0.29) is 12.1 Å². The summed E-state index contributed by atoms with van der Waals surface area (Å²) >= 11 is 3.44. The average Bonchev–Trinajstić information content (AvgIpc) is 2.38. The smallest absolute Gasteiger partial charge is 0.155 e. The van der Waals surface area contributed by atoms with Gasteiger partial charge in [0.25, 0.3) is 0 Å². The highest BCUT2D eigenvalue weighted by Gasteiger charge is 2.20. The van der Waals surface area contributed by atoms with Crippen LogP contribution in [-0.2, 0) is 0 Å². The number of hydrogen-bond acceptors (Lipinski definition) is 3. The van der Waals surface area contributed by atoms with E-state index in [0.717, 1.165) is 21.5 Å². The Morgan fingerprint density at radius 2 is 2.05 bits per heavy atom. The van der Waals surface area contributed by atoms with E-state index in [9.17, 15) is 0 Å². The molecule has 0 saturated heterocycles. The van der Waals surface area contributed by atoms with E-state index in [1.807, 2.05) is 50.2 Å². The minimum atomic E-state index is -0.249. The lowest BCUT2D eigenvalue weighted by atomic mass is 10.1. The summed E-state index contributed by atoms with van der Waals surface area (Å²) in [7, 11) is 0. The standard InChI is InChI=1S/C15H17BrN2O/c1-10-9-12(16)6-7-14(10)19-15(11(2)17)13-5-3-4-8-18-13/h3-9,11,15H,17H2,1-2H3. The van der Waals surface area contributed by atoms with E-state index in [1.54, 1.807) is 6.20 Å². The van der Waals surface area contributed by atoms with Crippen molar-refractivity contribution in [1.29, 1.82) is 0 Å². The number of ether oxygens (including phenoxy) is 1. The Morgan fingerprint density at radius 1 is 1.26 bits per heavy atom. The molecule has 2 rings (SSSR count). The SMILES string of the molecule is Cc1cc(Br)ccc1OC(c1ccccn1)C(C)N. The zero-order valence-electron chi connectivity index (χ0n) is 11.0. The molecular formula is C15H17BrN2O. The van der Waals surface area contributed by atoms with Crippen LogP contribution in [0, 0.1) is 6.92 Å². The number of aromatic nitrogens is 1. The predicted octanol–water partition coefficient (Wildman–Crippen LogP) is 3.62. The highest BCUT2D eigenvalue weighted by Crippen LogP contribution is 2.28. The molecule has 2 N–H and O–H groups in total. The van der Waals surface area contributed by atoms with Crippen LogP contribution in [0.25, 0.3) is 0 Å². The first kappa shape index (κ1) is 14.0. The summed E-state index contributed by atoms with van der Waals surface area (Å²) in [5.41, 5.74) is 7.93. The molecule has 3 nitrogen and oxygen atoms in total. The second-order valence-electron chi connectivity index (χ2n) is 4.56. The molecule has 0 amide bonds. The molecule has 1 aromatic heterocycles. The third kappa shape index (κ3) is 3.55. The largest absolute Gasteiger partial charge is 0.482 e. The monoisotopic (exact) mass is 320 g/mol. The topological polar surface area (TPSA) is 48.1 Å². The summed E-state index contributed by atoms with van der Waals surface area (Å²) < 4.78 is 7.07. The molecule has 0 aliphatic heterocycles. The summed E-state index contributed by atoms with van der Waals surface area (Å²) in [6.45, 7) is 3.93. The van der Waals surface area contributed by atoms with E-state index >= 15 is 0 Å². The highest BCUT2D eigenvalue weighted by atomic mass is 79.9. The van der Waals surface area contributed by atoms with Crippen molar-refractivity contribution in [3.05, 3.63) is 58.3 Å². The Kier molecular flexibility index (Phi) is 4.56. The van der Waals surface area contributed by atoms with E-state index in [0.29, 0.717) is 0 Å². The zero-order chi connectivity index (χ0) is 13.8. The summed E-state index contributed by atoms with van der Waals surface area (Å²) in [5.74, 6) is 0.830. The van der Waals surface area contributed by atoms with Crippen molar-refractivity contribution in [2.24, 2.45) is 5.73 Å². The number of rotatable bonds is 4. The molecule has 1 aromatic carbocycles. The van der Waals surface area contributed by atoms with Gasteiger partial charge in [-0.1, -0.05) is 22.0 Å². The average molecular weight is 321 g/mol. The first-order valence-electron chi connectivity index (χ1n) is 6.17. The van der Waals surface area contributed by atoms with Crippen LogP contribution in [0.15, 0.2) is 47.1 Å². The Hall–Kier alpha value is -1.39. The quantitative estimate of drug-likeness (QED) is 0.936. The fourth-order valence-electron chi connectivity index (χ4n) is 1.86. The van der Waals surface area contributed by atoms with E-state index in [2.05, 4.69) is 20.9 Å². The van der Waals surface area contributed by atoms with Gasteiger partial charge < -0.3 is 10.5 Å². The molecule has 0 spiro atoms. The number of benzene rings is 1. The molecule has 0 radical (unpaired) electrons. The van der Waals surface area contributed by atoms with Gasteiger partial charge in [-0.2, -0.15) is 0 Å². The Balaban J connectivity index is 2.27. The van der Waals surface area contributed by atoms with Crippen LogP contribution in [0.5, 0.6) is 5.75 Å². The lowest BCUT2D eigenvalue weighted by molar-refractivity contribution is 0.174. The molecule has 2 atom stereocenters. The Labute approximate surface area is 121 Å². The third-order valence-electron chi connectivity index (χ3n) is 2.85. The van der Waals surface area contributed by atoms with Gasteiger partial charge in [-0.05, 0) is 49.7 Å². The van der Waals surface area contributed by atoms with Gasteiger partial charge in [-0.15, -0.1) is 0 Å². The van der Waals surface area contributed by atoms with Gasteiger partial charge in [0.15, 0.2) is 6.10 Å². The number of hydrogen-bond donors (Lipinski definition) is 1. The predicted molar refractivity (Wildman–Crippen MR) is 80.1 cm³/mol. The van der Waals surface area contributed by atoms with Crippen molar-refractivity contribution in [3.63, 3.8) is 0 Å². The van der Waals surface area contributed by atoms with Crippen molar-refractivity contribution in [1.82, 2.24) is 4.98 Å². The van der Waals surface area contributed by atoms with Crippen LogP contribution >= 0.6 is 15.9 Å². The summed E-state index contributed by atoms with van der Waals surface area (Å²) in [6.07, 6.45) is 1.50. The molecule has 0 aliphatic carbocycles. The Bertz CT molecular complexity index is 543. The zero-order valence-corrected chi connectivity index (χ0v) is 12.6. The number of halogens is 1. The lowest BCUT2D eigenvalue weighted by Gasteiger charge is -2.23. The molecule has 19 heavy (non-hydrogen) atoms. The fourth-order valence-corrected chi connectivity index (χ4v) is 2.34. The number of nitrogens with zero attached hydrogens (tertiary/aromatic N) is 1. The first-order chi connectivity index (χ1) is 9.08. The summed E-state index contributed by atoms with van der Waals surface area (Å²) in [6, 6.07) is 11.5. The van der Waals surface area contributed by atoms with Crippen LogP contribution in [0.3, 0.4) is 0 Å². The van der Waals surface area contributed by atoms with Crippen LogP contribution in [-0.4, -0.2) is 11.0 Å². The van der Waals surface area contributed by atoms with Crippen LogP contribution in [0.1, 0.15) is 24.3 Å². The first-order valence-corrected chi connectivity index (χ1v) is 6.96. The van der Waals surface area contributed by atoms with Crippen molar-refractivity contribution in [2.75, 3.05) is 0 Å². The molecule has 0 saturated carbocycles. The molecule has 4 heteroatoms. The van der Waals surface area contributed by atoms with E-state index in [1.165, 1.54) is 0 Å². The highest BCUT2D eigenvalue weighted by molar-refractivity contribution is 9.10. The number of aryl methyl sites for hydroxylation is 1. The third-order valence-corrected chi connectivity index (χ3v) is 3.34. The van der Waals surface area contributed by atoms with Crippen molar-refractivity contribution >= 4 is 15.9 Å². The molecule has 0 aliphatic rings. The van der Waals surface area contributed by atoms with Crippen molar-refractivity contribution < 1.29 is 4.74 Å². The minimum absolute atomic E-state index is 0.141. The van der Waals surface area contributed by atoms with Gasteiger partial charge in [0, 0.05) is 16.7 Å². The molecule has 1 heterocycles. The second-order valence-corrected chi connectivity index (χ2v) is 5.48. The number of pyridine rings is 1. The molecule has 0 fully saturated rings. The molecule has 100 valence electrons. The second kappa shape index (κ2) is 6.17. The van der Waals surface area contributed by atoms with Gasteiger partial charge in [-0.25, -0.2) is 0 Å². The van der Waals surface area contributed by atoms with Gasteiger partial charge in [0.05, 0.1) is 5.69 Å². The molecule has 2 unspecified atom stereocenters. The van der Waals surface area contributed by atoms with Gasteiger partial charge >= 0.3 is 0 Å². The van der Waals surface area contributed by atoms with Crippen LogP contribution < -0.4 is 10.5 Å². The molecular weight excluding hydrogens is 304 g/mol. The normalized spacial score (nSPS) is 13.9. The van der Waals surface area contributed by atoms with Gasteiger partial charge in [0.2, 0.25) is 0 Å². The van der Waals surface area contributed by atoms with Crippen LogP contribution in [0.2, 0.25) is 0 Å². The maximum atomic E-state index is 6.04. The van der Waals surface area contributed by atoms with Crippen molar-refractivity contribution in [3.8, 4) is 5.75 Å². The number of nitrogens with two attached hydrogens (primary N) is 1. The molecule has 2 aromatic rings. The van der Waals surface area contributed by atoms with E-state index in [4.69, 9.17) is 10.5 Å². The van der Waals surface area contributed by atoms with Gasteiger partial charge in [0.1, 0.15) is 5.75 Å². The van der Waals surface area contributed by atoms with Gasteiger partial charge in [-0.3, -0.25) is 4.98 Å².